The van der Waals surface area contributed by atoms with Gasteiger partial charge in [-0.2, -0.15) is 0 Å². The first-order chi connectivity index (χ1) is 15.0. The van der Waals surface area contributed by atoms with Crippen LogP contribution in [-0.2, 0) is 12.8 Å². The quantitative estimate of drug-likeness (QED) is 0.655. The van der Waals surface area contributed by atoms with Crippen LogP contribution >= 0.6 is 0 Å². The number of amides is 1. The van der Waals surface area contributed by atoms with Crippen LogP contribution < -0.4 is 10.1 Å². The number of ether oxygens (including phenoxy) is 1. The molecular weight excluding hydrogens is 391 g/mol. The van der Waals surface area contributed by atoms with E-state index in [9.17, 15) is 9.18 Å². The average molecular weight is 414 g/mol. The summed E-state index contributed by atoms with van der Waals surface area (Å²) in [5.41, 5.74) is 4.88. The molecule has 1 aromatic heterocycles. The zero-order valence-corrected chi connectivity index (χ0v) is 17.5. The SMILES string of the molecule is COc1ccc2c(c1)CC(CNC(=O)c1ccc(C#Cc3cccc(F)c3)nc1C)C2. The first-order valence-electron chi connectivity index (χ1n) is 10.2. The van der Waals surface area contributed by atoms with Gasteiger partial charge in [0.2, 0.25) is 0 Å². The molecule has 0 saturated heterocycles. The van der Waals surface area contributed by atoms with Gasteiger partial charge in [-0.05, 0) is 85.2 Å². The molecule has 1 amide bonds. The van der Waals surface area contributed by atoms with Crippen molar-refractivity contribution in [3.63, 3.8) is 0 Å². The van der Waals surface area contributed by atoms with Crippen LogP contribution in [0.3, 0.4) is 0 Å². The number of hydrogen-bond acceptors (Lipinski definition) is 3. The van der Waals surface area contributed by atoms with Gasteiger partial charge < -0.3 is 10.1 Å². The molecule has 1 N–H and O–H groups in total. The average Bonchev–Trinajstić information content (AvgIpc) is 3.18. The maximum Gasteiger partial charge on any atom is 0.253 e. The van der Waals surface area contributed by atoms with Gasteiger partial charge in [-0.3, -0.25) is 4.79 Å². The highest BCUT2D eigenvalue weighted by Crippen LogP contribution is 2.29. The number of fused-ring (bicyclic) bond motifs is 1. The van der Waals surface area contributed by atoms with E-state index in [0.29, 0.717) is 35.0 Å². The van der Waals surface area contributed by atoms with Gasteiger partial charge in [0.15, 0.2) is 0 Å². The van der Waals surface area contributed by atoms with Crippen molar-refractivity contribution < 1.29 is 13.9 Å². The number of aromatic nitrogens is 1. The van der Waals surface area contributed by atoms with Crippen LogP contribution in [0.25, 0.3) is 0 Å². The fourth-order valence-corrected chi connectivity index (χ4v) is 3.86. The second kappa shape index (κ2) is 9.01. The molecule has 0 spiro atoms. The Morgan fingerprint density at radius 3 is 2.74 bits per heavy atom. The highest BCUT2D eigenvalue weighted by atomic mass is 19.1. The van der Waals surface area contributed by atoms with E-state index >= 15 is 0 Å². The first kappa shape index (κ1) is 20.6. The monoisotopic (exact) mass is 414 g/mol. The molecule has 1 atom stereocenters. The Morgan fingerprint density at radius 1 is 1.13 bits per heavy atom. The Morgan fingerprint density at radius 2 is 1.97 bits per heavy atom. The fraction of sp³-hybridized carbons (Fsp3) is 0.231. The number of nitrogens with one attached hydrogen (secondary N) is 1. The molecule has 0 aliphatic heterocycles. The van der Waals surface area contributed by atoms with Crippen molar-refractivity contribution >= 4 is 5.91 Å². The number of rotatable bonds is 4. The molecule has 4 nitrogen and oxygen atoms in total. The maximum absolute atomic E-state index is 13.3. The predicted octanol–water partition coefficient (Wildman–Crippen LogP) is 4.08. The van der Waals surface area contributed by atoms with Crippen molar-refractivity contribution in [1.82, 2.24) is 10.3 Å². The van der Waals surface area contributed by atoms with E-state index in [1.165, 1.54) is 23.3 Å². The topological polar surface area (TPSA) is 51.2 Å². The second-order valence-electron chi connectivity index (χ2n) is 7.71. The summed E-state index contributed by atoms with van der Waals surface area (Å²) in [6.45, 7) is 2.40. The minimum Gasteiger partial charge on any atom is -0.497 e. The Balaban J connectivity index is 1.37. The van der Waals surface area contributed by atoms with Gasteiger partial charge in [0.05, 0.1) is 18.4 Å². The van der Waals surface area contributed by atoms with Gasteiger partial charge >= 0.3 is 0 Å². The van der Waals surface area contributed by atoms with Crippen LogP contribution in [0, 0.1) is 30.5 Å². The number of benzene rings is 2. The molecule has 1 heterocycles. The molecule has 2 aromatic carbocycles. The number of methoxy groups -OCH3 is 1. The molecular formula is C26H23FN2O2. The van der Waals surface area contributed by atoms with E-state index < -0.39 is 0 Å². The van der Waals surface area contributed by atoms with Gasteiger partial charge in [0.25, 0.3) is 5.91 Å². The van der Waals surface area contributed by atoms with Crippen LogP contribution in [0.15, 0.2) is 54.6 Å². The molecule has 31 heavy (non-hydrogen) atoms. The summed E-state index contributed by atoms with van der Waals surface area (Å²) in [5, 5.41) is 3.04. The highest BCUT2D eigenvalue weighted by molar-refractivity contribution is 5.95. The van der Waals surface area contributed by atoms with Crippen LogP contribution in [0.4, 0.5) is 4.39 Å². The van der Waals surface area contributed by atoms with Gasteiger partial charge in [-0.25, -0.2) is 9.37 Å². The van der Waals surface area contributed by atoms with Crippen LogP contribution in [0.1, 0.15) is 38.4 Å². The third-order valence-electron chi connectivity index (χ3n) is 5.47. The van der Waals surface area contributed by atoms with Gasteiger partial charge in [-0.1, -0.05) is 18.1 Å². The highest BCUT2D eigenvalue weighted by Gasteiger charge is 2.23. The third-order valence-corrected chi connectivity index (χ3v) is 5.47. The molecule has 1 unspecified atom stereocenters. The van der Waals surface area contributed by atoms with Crippen molar-refractivity contribution in [3.05, 3.63) is 94.1 Å². The zero-order valence-electron chi connectivity index (χ0n) is 17.5. The summed E-state index contributed by atoms with van der Waals surface area (Å²) in [6, 6.07) is 15.7. The number of pyridine rings is 1. The normalized spacial score (nSPS) is 14.4. The lowest BCUT2D eigenvalue weighted by Crippen LogP contribution is -2.30. The number of carbonyl (C=O) groups is 1. The number of aryl methyl sites for hydroxylation is 1. The maximum atomic E-state index is 13.3. The lowest BCUT2D eigenvalue weighted by atomic mass is 10.1. The largest absolute Gasteiger partial charge is 0.497 e. The summed E-state index contributed by atoms with van der Waals surface area (Å²) in [7, 11) is 1.67. The number of halogens is 1. The second-order valence-corrected chi connectivity index (χ2v) is 7.71. The molecule has 0 fully saturated rings. The molecule has 1 aliphatic rings. The van der Waals surface area contributed by atoms with E-state index in [1.54, 1.807) is 38.3 Å². The number of carbonyl (C=O) groups excluding carboxylic acids is 1. The van der Waals surface area contributed by atoms with Crippen molar-refractivity contribution in [2.24, 2.45) is 5.92 Å². The van der Waals surface area contributed by atoms with E-state index in [2.05, 4.69) is 34.3 Å². The van der Waals surface area contributed by atoms with E-state index in [0.717, 1.165) is 18.6 Å². The standard InChI is InChI=1S/C26H23FN2O2/c1-17-25(11-9-23(29-17)8-6-18-4-3-5-22(27)14-18)26(30)28-16-19-12-20-7-10-24(31-2)15-21(20)13-19/h3-5,7,9-11,14-15,19H,12-13,16H2,1-2H3,(H,28,30). The minimum atomic E-state index is -0.326. The fourth-order valence-electron chi connectivity index (χ4n) is 3.86. The first-order valence-corrected chi connectivity index (χ1v) is 10.2. The van der Waals surface area contributed by atoms with Crippen molar-refractivity contribution in [2.75, 3.05) is 13.7 Å². The summed E-state index contributed by atoms with van der Waals surface area (Å²) in [5.74, 6) is 6.59. The van der Waals surface area contributed by atoms with Gasteiger partial charge in [-0.15, -0.1) is 0 Å². The van der Waals surface area contributed by atoms with Crippen molar-refractivity contribution in [2.45, 2.75) is 19.8 Å². The molecule has 3 aromatic rings. The van der Waals surface area contributed by atoms with Crippen molar-refractivity contribution in [1.29, 1.82) is 0 Å². The Bertz CT molecular complexity index is 1190. The lowest BCUT2D eigenvalue weighted by molar-refractivity contribution is 0.0946. The number of nitrogens with zero attached hydrogens (tertiary/aromatic N) is 1. The Hall–Kier alpha value is -3.65. The third kappa shape index (κ3) is 4.92. The van der Waals surface area contributed by atoms with Gasteiger partial charge in [0.1, 0.15) is 17.3 Å². The van der Waals surface area contributed by atoms with E-state index in [-0.39, 0.29) is 11.7 Å². The molecule has 4 rings (SSSR count). The summed E-state index contributed by atoms with van der Waals surface area (Å²) < 4.78 is 18.6. The van der Waals surface area contributed by atoms with E-state index in [1.807, 2.05) is 6.07 Å². The predicted molar refractivity (Wildman–Crippen MR) is 118 cm³/mol. The lowest BCUT2D eigenvalue weighted by Gasteiger charge is -2.12. The minimum absolute atomic E-state index is 0.136. The van der Waals surface area contributed by atoms with E-state index in [4.69, 9.17) is 4.74 Å². The molecule has 0 saturated carbocycles. The van der Waals surface area contributed by atoms with Gasteiger partial charge in [0, 0.05) is 12.1 Å². The molecule has 1 aliphatic carbocycles. The molecule has 5 heteroatoms. The van der Waals surface area contributed by atoms with Crippen LogP contribution in [-0.4, -0.2) is 24.5 Å². The molecule has 156 valence electrons. The molecule has 0 radical (unpaired) electrons. The Kier molecular flexibility index (Phi) is 5.99. The zero-order chi connectivity index (χ0) is 21.8. The summed E-state index contributed by atoms with van der Waals surface area (Å²) in [4.78, 5) is 17.1. The van der Waals surface area contributed by atoms with Crippen LogP contribution in [0.2, 0.25) is 0 Å². The summed E-state index contributed by atoms with van der Waals surface area (Å²) >= 11 is 0. The van der Waals surface area contributed by atoms with Crippen molar-refractivity contribution in [3.8, 4) is 17.6 Å². The smallest absolute Gasteiger partial charge is 0.253 e. The van der Waals surface area contributed by atoms with Crippen LogP contribution in [0.5, 0.6) is 5.75 Å². The molecule has 0 bridgehead atoms. The number of hydrogen-bond donors (Lipinski definition) is 1. The summed E-state index contributed by atoms with van der Waals surface area (Å²) in [6.07, 6.45) is 1.88. The Labute approximate surface area is 181 Å².